The third-order valence-electron chi connectivity index (χ3n) is 3.06. The fourth-order valence-corrected chi connectivity index (χ4v) is 1.86. The van der Waals surface area contributed by atoms with Crippen molar-refractivity contribution in [3.8, 4) is 0 Å². The maximum atomic E-state index is 10.8. The molecule has 0 unspecified atom stereocenters. The molecule has 0 aromatic carbocycles. The van der Waals surface area contributed by atoms with Crippen LogP contribution in [0.5, 0.6) is 0 Å². The van der Waals surface area contributed by atoms with Crippen molar-refractivity contribution >= 4 is 12.1 Å². The number of piperazine rings is 1. The molecule has 0 spiro atoms. The van der Waals surface area contributed by atoms with Crippen molar-refractivity contribution in [3.63, 3.8) is 0 Å². The van der Waals surface area contributed by atoms with Crippen molar-refractivity contribution in [2.24, 2.45) is 0 Å². The molecule has 6 heteroatoms. The number of aromatic nitrogens is 1. The third kappa shape index (κ3) is 5.59. The minimum Gasteiger partial charge on any atom is -0.857 e. The molecule has 1 aliphatic rings. The Bertz CT molecular complexity index is 393. The summed E-state index contributed by atoms with van der Waals surface area (Å²) in [5, 5.41) is 8.25. The van der Waals surface area contributed by atoms with E-state index in [-0.39, 0.29) is 51.4 Å². The maximum absolute atomic E-state index is 10.8. The van der Waals surface area contributed by atoms with Gasteiger partial charge in [0.1, 0.15) is 11.5 Å². The van der Waals surface area contributed by atoms with Crippen LogP contribution in [0.15, 0.2) is 12.1 Å². The van der Waals surface area contributed by atoms with Crippen molar-refractivity contribution in [3.05, 3.63) is 23.4 Å². The van der Waals surface area contributed by atoms with Gasteiger partial charge < -0.3 is 14.9 Å². The van der Waals surface area contributed by atoms with Crippen molar-refractivity contribution in [2.75, 3.05) is 45.2 Å². The normalized spacial score (nSPS) is 15.1. The smallest absolute Gasteiger partial charge is 0.857 e. The molecule has 0 radical (unpaired) electrons. The summed E-state index contributed by atoms with van der Waals surface area (Å²) in [6.07, 6.45) is 0.828. The average Bonchev–Trinajstić information content (AvgIpc) is 2.43. The van der Waals surface area contributed by atoms with Gasteiger partial charge in [-0.15, -0.1) is 0 Å². The molecule has 0 atom stereocenters. The summed E-state index contributed by atoms with van der Waals surface area (Å²) >= 11 is 0. The Kier molecular flexibility index (Phi) is 10.1. The van der Waals surface area contributed by atoms with Gasteiger partial charge in [-0.2, -0.15) is 7.11 Å². The molecule has 1 aromatic heterocycles. The van der Waals surface area contributed by atoms with E-state index in [1.165, 1.54) is 0 Å². The van der Waals surface area contributed by atoms with Gasteiger partial charge in [-0.25, -0.2) is 4.98 Å². The number of rotatable bonds is 2. The number of aldehydes is 1. The van der Waals surface area contributed by atoms with Crippen LogP contribution in [-0.4, -0.2) is 56.5 Å². The average molecular weight is 289 g/mol. The summed E-state index contributed by atoms with van der Waals surface area (Å²) in [4.78, 5) is 19.7. The van der Waals surface area contributed by atoms with E-state index in [1.807, 2.05) is 19.1 Å². The minimum atomic E-state index is 0. The quantitative estimate of drug-likeness (QED) is 0.427. The Morgan fingerprint density at radius 2 is 1.79 bits per heavy atom. The second-order valence-corrected chi connectivity index (χ2v) is 4.28. The number of aryl methyl sites for hydroxylation is 1. The molecule has 0 aliphatic carbocycles. The Balaban J connectivity index is 0.00000103. The molecule has 19 heavy (non-hydrogen) atoms. The van der Waals surface area contributed by atoms with Gasteiger partial charge in [0.05, 0.1) is 0 Å². The topological polar surface area (TPSA) is 59.5 Å². The van der Waals surface area contributed by atoms with Gasteiger partial charge in [-0.05, 0) is 25.6 Å². The standard InChI is InChI=1S/C12H17N3O.CH3O.K/c1-10-3-4-12(13-11(10)9-16)15-7-5-14(2)6-8-15;1-2;/h3-4,9H,5-8H2,1-2H3;1H3;/q;-1;+1. The van der Waals surface area contributed by atoms with Crippen LogP contribution in [0.4, 0.5) is 5.82 Å². The van der Waals surface area contributed by atoms with E-state index in [0.717, 1.165) is 51.0 Å². The van der Waals surface area contributed by atoms with E-state index in [4.69, 9.17) is 5.11 Å². The van der Waals surface area contributed by atoms with Crippen molar-refractivity contribution in [1.29, 1.82) is 0 Å². The van der Waals surface area contributed by atoms with Crippen molar-refractivity contribution < 1.29 is 61.3 Å². The fraction of sp³-hybridized carbons (Fsp3) is 0.538. The second kappa shape index (κ2) is 9.98. The van der Waals surface area contributed by atoms with Gasteiger partial charge in [0, 0.05) is 26.2 Å². The zero-order valence-corrected chi connectivity index (χ0v) is 15.3. The van der Waals surface area contributed by atoms with E-state index >= 15 is 0 Å². The molecule has 0 bridgehead atoms. The SMILES string of the molecule is C[O-].Cc1ccc(N2CCN(C)CC2)nc1C=O.[K+]. The van der Waals surface area contributed by atoms with Gasteiger partial charge in [0.2, 0.25) is 0 Å². The zero-order chi connectivity index (χ0) is 13.5. The number of hydrogen-bond donors (Lipinski definition) is 0. The Morgan fingerprint density at radius 3 is 2.32 bits per heavy atom. The van der Waals surface area contributed by atoms with Gasteiger partial charge in [-0.3, -0.25) is 4.79 Å². The molecule has 1 aromatic rings. The summed E-state index contributed by atoms with van der Waals surface area (Å²) in [5.74, 6) is 0.917. The zero-order valence-electron chi connectivity index (χ0n) is 12.2. The molecule has 1 fully saturated rings. The molecular weight excluding hydrogens is 269 g/mol. The van der Waals surface area contributed by atoms with Crippen LogP contribution >= 0.6 is 0 Å². The molecule has 0 amide bonds. The molecule has 2 rings (SSSR count). The Hall–Kier alpha value is 0.176. The first-order chi connectivity index (χ1) is 8.70. The first-order valence-electron chi connectivity index (χ1n) is 5.98. The molecule has 1 saturated heterocycles. The number of anilines is 1. The number of nitrogens with zero attached hydrogens (tertiary/aromatic N) is 3. The van der Waals surface area contributed by atoms with E-state index in [1.54, 1.807) is 0 Å². The van der Waals surface area contributed by atoms with E-state index in [9.17, 15) is 4.79 Å². The molecule has 0 N–H and O–H groups in total. The van der Waals surface area contributed by atoms with Crippen molar-refractivity contribution in [1.82, 2.24) is 9.88 Å². The van der Waals surface area contributed by atoms with E-state index < -0.39 is 0 Å². The van der Waals surface area contributed by atoms with Crippen LogP contribution in [0.3, 0.4) is 0 Å². The summed E-state index contributed by atoms with van der Waals surface area (Å²) in [5.41, 5.74) is 1.49. The van der Waals surface area contributed by atoms with E-state index in [0.29, 0.717) is 5.69 Å². The Morgan fingerprint density at radius 1 is 1.21 bits per heavy atom. The predicted octanol–water partition coefficient (Wildman–Crippen LogP) is -3.07. The van der Waals surface area contributed by atoms with Crippen LogP contribution in [0.1, 0.15) is 16.1 Å². The second-order valence-electron chi connectivity index (χ2n) is 4.28. The van der Waals surface area contributed by atoms with Crippen LogP contribution < -0.4 is 61.4 Å². The minimum absolute atomic E-state index is 0. The van der Waals surface area contributed by atoms with Crippen LogP contribution in [0.2, 0.25) is 0 Å². The number of carbonyl (C=O) groups is 1. The third-order valence-corrected chi connectivity index (χ3v) is 3.06. The molecule has 2 heterocycles. The van der Waals surface area contributed by atoms with Crippen LogP contribution in [0.25, 0.3) is 0 Å². The van der Waals surface area contributed by atoms with E-state index in [2.05, 4.69) is 21.8 Å². The summed E-state index contributed by atoms with van der Waals surface area (Å²) in [7, 11) is 2.87. The summed E-state index contributed by atoms with van der Waals surface area (Å²) in [6, 6.07) is 3.96. The van der Waals surface area contributed by atoms with Gasteiger partial charge >= 0.3 is 51.4 Å². The molecule has 5 nitrogen and oxygen atoms in total. The number of likely N-dealkylation sites (N-methyl/N-ethyl adjacent to an activating group) is 1. The summed E-state index contributed by atoms with van der Waals surface area (Å²) < 4.78 is 0. The molecule has 100 valence electrons. The molecule has 0 saturated carbocycles. The largest absolute Gasteiger partial charge is 1.00 e. The van der Waals surface area contributed by atoms with Crippen molar-refractivity contribution in [2.45, 2.75) is 6.92 Å². The van der Waals surface area contributed by atoms with Gasteiger partial charge in [0.25, 0.3) is 0 Å². The van der Waals surface area contributed by atoms with Gasteiger partial charge in [-0.1, -0.05) is 6.07 Å². The Labute approximate surface area is 157 Å². The monoisotopic (exact) mass is 289 g/mol. The number of pyridine rings is 1. The maximum Gasteiger partial charge on any atom is 1.00 e. The first-order valence-corrected chi connectivity index (χ1v) is 5.98. The first kappa shape index (κ1) is 19.2. The number of hydrogen-bond acceptors (Lipinski definition) is 5. The fourth-order valence-electron chi connectivity index (χ4n) is 1.86. The predicted molar refractivity (Wildman–Crippen MR) is 70.0 cm³/mol. The van der Waals surface area contributed by atoms with Gasteiger partial charge in [0.15, 0.2) is 6.29 Å². The number of carbonyl (C=O) groups excluding carboxylic acids is 1. The van der Waals surface area contributed by atoms with Crippen LogP contribution in [0, 0.1) is 6.92 Å². The molecular formula is C13H20KN3O2. The summed E-state index contributed by atoms with van der Waals surface area (Å²) in [6.45, 7) is 5.96. The van der Waals surface area contributed by atoms with Crippen LogP contribution in [-0.2, 0) is 0 Å². The molecule has 1 aliphatic heterocycles.